The van der Waals surface area contributed by atoms with E-state index in [1.165, 1.54) is 0 Å². The van der Waals surface area contributed by atoms with Crippen molar-refractivity contribution in [1.29, 1.82) is 0 Å². The van der Waals surface area contributed by atoms with Gasteiger partial charge in [-0.05, 0) is 39.3 Å². The van der Waals surface area contributed by atoms with Crippen LogP contribution in [0.3, 0.4) is 0 Å². The SMILES string of the molecule is CCOC(=O)CCCc1ncccn1.Cc1ncccn1.[CH2-]CCC(=O)OCC.[Y].[Zn]. The standard InChI is InChI=1S/C10H14N2O2.C6H11O2.C5H6N2.Y.Zn/c1-2-14-10(13)6-3-5-9-11-7-4-8-12-9;1-3-5-6(7)8-4-2;1-5-6-3-2-4-7-5;;/h4,7-8H,2-3,5-6H2,1H3;1,3-5H2,2H3;2-4H,1H3;;/q;-1;;;. The van der Waals surface area contributed by atoms with E-state index in [9.17, 15) is 9.59 Å². The normalized spacial score (nSPS) is 8.65. The molecule has 0 spiro atoms. The van der Waals surface area contributed by atoms with Gasteiger partial charge in [-0.1, -0.05) is 0 Å². The van der Waals surface area contributed by atoms with Crippen LogP contribution in [0.15, 0.2) is 36.9 Å². The molecule has 2 aromatic rings. The molecule has 1 radical (unpaired) electrons. The number of hydrogen-bond donors (Lipinski definition) is 0. The van der Waals surface area contributed by atoms with Gasteiger partial charge in [-0.15, -0.1) is 0 Å². The molecule has 0 fully saturated rings. The molecule has 31 heavy (non-hydrogen) atoms. The van der Waals surface area contributed by atoms with Gasteiger partial charge >= 0.3 is 11.9 Å². The number of aromatic nitrogens is 4. The van der Waals surface area contributed by atoms with Gasteiger partial charge in [0.2, 0.25) is 0 Å². The molecule has 0 bridgehead atoms. The predicted octanol–water partition coefficient (Wildman–Crippen LogP) is 3.31. The molecule has 10 heteroatoms. The molecule has 0 aliphatic heterocycles. The van der Waals surface area contributed by atoms with Crippen molar-refractivity contribution in [3.05, 3.63) is 55.5 Å². The van der Waals surface area contributed by atoms with Crippen LogP contribution in [0.2, 0.25) is 0 Å². The molecule has 0 saturated carbocycles. The minimum atomic E-state index is -0.150. The Labute approximate surface area is 223 Å². The largest absolute Gasteiger partial charge is 0.466 e. The molecule has 8 nitrogen and oxygen atoms in total. The fraction of sp³-hybridized carbons (Fsp3) is 0.476. The third kappa shape index (κ3) is 23.3. The van der Waals surface area contributed by atoms with Crippen LogP contribution in [0.1, 0.15) is 51.2 Å². The molecule has 2 rings (SSSR count). The van der Waals surface area contributed by atoms with Crippen molar-refractivity contribution in [2.45, 2.75) is 52.9 Å². The van der Waals surface area contributed by atoms with E-state index in [1.807, 2.05) is 6.92 Å². The summed E-state index contributed by atoms with van der Waals surface area (Å²) in [4.78, 5) is 37.2. The van der Waals surface area contributed by atoms with E-state index < -0.39 is 0 Å². The molecule has 2 aromatic heterocycles. The van der Waals surface area contributed by atoms with Crippen LogP contribution in [0.25, 0.3) is 0 Å². The van der Waals surface area contributed by atoms with Gasteiger partial charge in [-0.25, -0.2) is 19.9 Å². The predicted molar refractivity (Wildman–Crippen MR) is 110 cm³/mol. The van der Waals surface area contributed by atoms with Crippen LogP contribution in [0, 0.1) is 13.8 Å². The third-order valence-corrected chi connectivity index (χ3v) is 3.09. The third-order valence-electron chi connectivity index (χ3n) is 3.09. The second-order valence-corrected chi connectivity index (χ2v) is 5.53. The number of carbonyl (C=O) groups excluding carboxylic acids is 2. The summed E-state index contributed by atoms with van der Waals surface area (Å²) in [6.45, 7) is 9.88. The van der Waals surface area contributed by atoms with Crippen molar-refractivity contribution < 1.29 is 71.2 Å². The summed E-state index contributed by atoms with van der Waals surface area (Å²) in [6.07, 6.45) is 9.81. The van der Waals surface area contributed by atoms with Gasteiger partial charge < -0.3 is 16.4 Å². The second kappa shape index (κ2) is 25.1. The first-order valence-corrected chi connectivity index (χ1v) is 9.63. The van der Waals surface area contributed by atoms with E-state index in [1.54, 1.807) is 50.8 Å². The van der Waals surface area contributed by atoms with Gasteiger partial charge in [0.15, 0.2) is 0 Å². The Kier molecular flexibility index (Phi) is 27.9. The van der Waals surface area contributed by atoms with E-state index in [0.717, 1.165) is 24.5 Å². The van der Waals surface area contributed by atoms with Gasteiger partial charge in [0.1, 0.15) is 11.6 Å². The van der Waals surface area contributed by atoms with Gasteiger partial charge in [-0.2, -0.15) is 6.42 Å². The van der Waals surface area contributed by atoms with E-state index >= 15 is 0 Å². The van der Waals surface area contributed by atoms with E-state index in [0.29, 0.717) is 32.5 Å². The van der Waals surface area contributed by atoms with Crippen LogP contribution in [-0.4, -0.2) is 45.1 Å². The van der Waals surface area contributed by atoms with Crippen LogP contribution in [-0.2, 0) is 77.7 Å². The summed E-state index contributed by atoms with van der Waals surface area (Å²) in [5.41, 5.74) is 0. The number of ether oxygens (including phenoxy) is 2. The quantitative estimate of drug-likeness (QED) is 0.277. The summed E-state index contributed by atoms with van der Waals surface area (Å²) < 4.78 is 9.40. The smallest absolute Gasteiger partial charge is 0.305 e. The zero-order valence-electron chi connectivity index (χ0n) is 18.8. The Morgan fingerprint density at radius 2 is 1.32 bits per heavy atom. The minimum absolute atomic E-state index is 0. The molecule has 0 aromatic carbocycles. The van der Waals surface area contributed by atoms with Gasteiger partial charge in [0.05, 0.1) is 13.2 Å². The van der Waals surface area contributed by atoms with Gasteiger partial charge in [0.25, 0.3) is 0 Å². The monoisotopic (exact) mass is 556 g/mol. The van der Waals surface area contributed by atoms with Crippen LogP contribution in [0.4, 0.5) is 0 Å². The Morgan fingerprint density at radius 3 is 1.71 bits per heavy atom. The van der Waals surface area contributed by atoms with Crippen molar-refractivity contribution >= 4 is 11.9 Å². The topological polar surface area (TPSA) is 104 Å². The van der Waals surface area contributed by atoms with Crippen LogP contribution >= 0.6 is 0 Å². The zero-order chi connectivity index (χ0) is 21.7. The molecule has 0 N–H and O–H groups in total. The molecule has 0 aliphatic carbocycles. The van der Waals surface area contributed by atoms with Crippen molar-refractivity contribution in [3.63, 3.8) is 0 Å². The Hall–Kier alpha value is -1.17. The number of aryl methyl sites for hydroxylation is 2. The first-order chi connectivity index (χ1) is 14.0. The van der Waals surface area contributed by atoms with Gasteiger partial charge in [-0.3, -0.25) is 9.59 Å². The molecule has 0 aliphatic rings. The average molecular weight is 558 g/mol. The number of rotatable bonds is 8. The molecule has 0 unspecified atom stereocenters. The number of hydrogen-bond acceptors (Lipinski definition) is 8. The summed E-state index contributed by atoms with van der Waals surface area (Å²) in [7, 11) is 0. The average Bonchev–Trinajstić information content (AvgIpc) is 2.71. The zero-order valence-corrected chi connectivity index (χ0v) is 24.6. The Morgan fingerprint density at radius 1 is 0.871 bits per heavy atom. The maximum atomic E-state index is 11.0. The summed E-state index contributed by atoms with van der Waals surface area (Å²) in [5.74, 6) is 1.30. The van der Waals surface area contributed by atoms with Crippen molar-refractivity contribution in [2.75, 3.05) is 13.2 Å². The summed E-state index contributed by atoms with van der Waals surface area (Å²) >= 11 is 0. The van der Waals surface area contributed by atoms with Crippen molar-refractivity contribution in [3.8, 4) is 0 Å². The molecule has 0 saturated heterocycles. The van der Waals surface area contributed by atoms with Gasteiger partial charge in [0, 0.05) is 96.2 Å². The molecular weight excluding hydrogens is 527 g/mol. The molecule has 165 valence electrons. The van der Waals surface area contributed by atoms with E-state index in [2.05, 4.69) is 31.6 Å². The van der Waals surface area contributed by atoms with Crippen molar-refractivity contribution in [1.82, 2.24) is 19.9 Å². The van der Waals surface area contributed by atoms with E-state index in [4.69, 9.17) is 4.74 Å². The van der Waals surface area contributed by atoms with Crippen molar-refractivity contribution in [2.24, 2.45) is 0 Å². The maximum absolute atomic E-state index is 11.0. The molecule has 0 atom stereocenters. The fourth-order valence-corrected chi connectivity index (χ4v) is 1.83. The number of esters is 2. The molecule has 0 amide bonds. The number of nitrogens with zero attached hydrogens (tertiary/aromatic N) is 4. The first kappa shape index (κ1) is 34.4. The first-order valence-electron chi connectivity index (χ1n) is 9.63. The molecule has 2 heterocycles. The molecular formula is C21H31N4O4YZn-. The Bertz CT molecular complexity index is 659. The maximum Gasteiger partial charge on any atom is 0.305 e. The number of carbonyl (C=O) groups is 2. The second-order valence-electron chi connectivity index (χ2n) is 5.53. The fourth-order valence-electron chi connectivity index (χ4n) is 1.83. The van der Waals surface area contributed by atoms with E-state index in [-0.39, 0.29) is 64.1 Å². The Balaban J connectivity index is -0.000000397. The summed E-state index contributed by atoms with van der Waals surface area (Å²) in [6, 6.07) is 3.57. The minimum Gasteiger partial charge on any atom is -0.466 e. The summed E-state index contributed by atoms with van der Waals surface area (Å²) in [5, 5.41) is 0. The van der Waals surface area contributed by atoms with Crippen LogP contribution in [0.5, 0.6) is 0 Å². The van der Waals surface area contributed by atoms with Crippen LogP contribution < -0.4 is 0 Å².